The maximum Gasteiger partial charge on any atom is 0.0468 e. The minimum Gasteiger partial charge on any atom is -0.310 e. The van der Waals surface area contributed by atoms with Gasteiger partial charge in [-0.2, -0.15) is 0 Å². The first-order valence-corrected chi connectivity index (χ1v) is 20.4. The highest BCUT2D eigenvalue weighted by molar-refractivity contribution is 7.27. The summed E-state index contributed by atoms with van der Waals surface area (Å²) in [5.41, 5.74) is 9.81. The second-order valence-corrected chi connectivity index (χ2v) is 15.9. The zero-order valence-corrected chi connectivity index (χ0v) is 32.0. The summed E-state index contributed by atoms with van der Waals surface area (Å²) >= 11 is 1.91. The van der Waals surface area contributed by atoms with E-state index in [1.807, 2.05) is 11.3 Å². The smallest absolute Gasteiger partial charge is 0.0468 e. The van der Waals surface area contributed by atoms with Gasteiger partial charge in [0.1, 0.15) is 0 Å². The van der Waals surface area contributed by atoms with Crippen LogP contribution in [0.4, 0.5) is 17.1 Å². The standard InChI is InChI=1S/C55H37NS/c1-5-15-37(16-6-1)53(38-17-7-2-8-18-38)43-28-27-39-33-40(25-26-41(39)34-43)42-29-31-50-52(35-42)57-55-49-32-30-46(36-51(49)47-23-13-14-24-48(47)54(50)55)56(44-19-9-3-10-20-44)45-21-11-4-12-22-45/h1-36,53H. The maximum absolute atomic E-state index is 2.40. The fourth-order valence-corrected chi connectivity index (χ4v) is 10.2. The van der Waals surface area contributed by atoms with Crippen molar-refractivity contribution in [1.29, 1.82) is 0 Å². The van der Waals surface area contributed by atoms with Gasteiger partial charge >= 0.3 is 0 Å². The Bertz CT molecular complexity index is 3150. The van der Waals surface area contributed by atoms with Crippen molar-refractivity contribution in [2.45, 2.75) is 5.92 Å². The average Bonchev–Trinajstić information content (AvgIpc) is 3.67. The largest absolute Gasteiger partial charge is 0.310 e. The fraction of sp³-hybridized carbons (Fsp3) is 0.0182. The third kappa shape index (κ3) is 5.85. The van der Waals surface area contributed by atoms with E-state index in [-0.39, 0.29) is 5.92 Å². The van der Waals surface area contributed by atoms with Gasteiger partial charge in [-0.3, -0.25) is 0 Å². The summed E-state index contributed by atoms with van der Waals surface area (Å²) in [6, 6.07) is 80.0. The summed E-state index contributed by atoms with van der Waals surface area (Å²) in [6.07, 6.45) is 0. The third-order valence-corrected chi connectivity index (χ3v) is 12.7. The quantitative estimate of drug-likeness (QED) is 0.116. The van der Waals surface area contributed by atoms with Crippen LogP contribution in [0.2, 0.25) is 0 Å². The van der Waals surface area contributed by atoms with Gasteiger partial charge < -0.3 is 4.90 Å². The molecule has 11 aromatic rings. The van der Waals surface area contributed by atoms with Crippen LogP contribution in [0, 0.1) is 0 Å². The summed E-state index contributed by atoms with van der Waals surface area (Å²) in [5.74, 6) is 0.178. The van der Waals surface area contributed by atoms with E-state index in [1.54, 1.807) is 0 Å². The summed E-state index contributed by atoms with van der Waals surface area (Å²) in [5, 5.41) is 10.3. The van der Waals surface area contributed by atoms with Gasteiger partial charge in [0, 0.05) is 48.5 Å². The van der Waals surface area contributed by atoms with Crippen LogP contribution in [-0.2, 0) is 0 Å². The predicted octanol–water partition coefficient (Wildman–Crippen LogP) is 15.8. The molecule has 1 nitrogen and oxygen atoms in total. The van der Waals surface area contributed by atoms with Crippen LogP contribution in [0.25, 0.3) is 63.6 Å². The molecule has 0 N–H and O–H groups in total. The molecule has 0 atom stereocenters. The maximum atomic E-state index is 2.40. The summed E-state index contributed by atoms with van der Waals surface area (Å²) in [6.45, 7) is 0. The van der Waals surface area contributed by atoms with Crippen molar-refractivity contribution in [3.8, 4) is 11.1 Å². The lowest BCUT2D eigenvalue weighted by atomic mass is 9.84. The lowest BCUT2D eigenvalue weighted by molar-refractivity contribution is 0.980. The molecule has 0 saturated carbocycles. The van der Waals surface area contributed by atoms with Crippen molar-refractivity contribution >= 4 is 80.9 Å². The number of hydrogen-bond donors (Lipinski definition) is 0. The average molecular weight is 744 g/mol. The van der Waals surface area contributed by atoms with E-state index < -0.39 is 0 Å². The summed E-state index contributed by atoms with van der Waals surface area (Å²) < 4.78 is 2.65. The number of anilines is 3. The zero-order chi connectivity index (χ0) is 37.7. The van der Waals surface area contributed by atoms with Gasteiger partial charge in [-0.25, -0.2) is 0 Å². The van der Waals surface area contributed by atoms with E-state index in [9.17, 15) is 0 Å². The molecule has 1 aromatic heterocycles. The molecule has 0 aliphatic heterocycles. The monoisotopic (exact) mass is 743 g/mol. The Kier molecular flexibility index (Phi) is 8.15. The van der Waals surface area contributed by atoms with E-state index in [0.717, 1.165) is 17.1 Å². The first-order valence-electron chi connectivity index (χ1n) is 19.6. The Balaban J connectivity index is 1.01. The molecule has 11 rings (SSSR count). The molecule has 0 fully saturated rings. The zero-order valence-electron chi connectivity index (χ0n) is 31.2. The molecule has 2 heteroatoms. The van der Waals surface area contributed by atoms with Gasteiger partial charge in [0.15, 0.2) is 0 Å². The molecule has 1 heterocycles. The molecule has 0 amide bonds. The number of para-hydroxylation sites is 2. The molecule has 10 aromatic carbocycles. The number of rotatable bonds is 7. The van der Waals surface area contributed by atoms with Gasteiger partial charge in [0.05, 0.1) is 0 Å². The minimum atomic E-state index is 0.178. The topological polar surface area (TPSA) is 3.24 Å². The SMILES string of the molecule is c1ccc(C(c2ccccc2)c2ccc3cc(-c4ccc5c(c4)sc4c6ccc(N(c7ccccc7)c7ccccc7)cc6c6ccccc6c54)ccc3c2)cc1. The number of fused-ring (bicyclic) bond motifs is 9. The molecule has 268 valence electrons. The van der Waals surface area contributed by atoms with Crippen molar-refractivity contribution < 1.29 is 0 Å². The summed E-state index contributed by atoms with van der Waals surface area (Å²) in [7, 11) is 0. The van der Waals surface area contributed by atoms with Crippen LogP contribution in [0.5, 0.6) is 0 Å². The van der Waals surface area contributed by atoms with Gasteiger partial charge in [-0.15, -0.1) is 11.3 Å². The van der Waals surface area contributed by atoms with Crippen LogP contribution >= 0.6 is 11.3 Å². The second-order valence-electron chi connectivity index (χ2n) is 14.9. The molecule has 0 bridgehead atoms. The van der Waals surface area contributed by atoms with Gasteiger partial charge in [-0.05, 0) is 103 Å². The van der Waals surface area contributed by atoms with E-state index in [0.29, 0.717) is 0 Å². The van der Waals surface area contributed by atoms with Crippen molar-refractivity contribution in [2.75, 3.05) is 4.90 Å². The summed E-state index contributed by atoms with van der Waals surface area (Å²) in [4.78, 5) is 2.35. The highest BCUT2D eigenvalue weighted by Gasteiger charge is 2.19. The molecule has 0 radical (unpaired) electrons. The third-order valence-electron chi connectivity index (χ3n) is 11.5. The van der Waals surface area contributed by atoms with Crippen molar-refractivity contribution in [3.05, 3.63) is 235 Å². The number of hydrogen-bond acceptors (Lipinski definition) is 2. The fourth-order valence-electron chi connectivity index (χ4n) is 8.85. The van der Waals surface area contributed by atoms with Gasteiger partial charge in [0.25, 0.3) is 0 Å². The molecular formula is C55H37NS. The van der Waals surface area contributed by atoms with Crippen LogP contribution in [-0.4, -0.2) is 0 Å². The van der Waals surface area contributed by atoms with Crippen molar-refractivity contribution in [1.82, 2.24) is 0 Å². The molecular weight excluding hydrogens is 707 g/mol. The van der Waals surface area contributed by atoms with E-state index in [4.69, 9.17) is 0 Å². The van der Waals surface area contributed by atoms with Crippen molar-refractivity contribution in [3.63, 3.8) is 0 Å². The molecule has 57 heavy (non-hydrogen) atoms. The van der Waals surface area contributed by atoms with Crippen LogP contribution in [0.15, 0.2) is 218 Å². The molecule has 0 aliphatic rings. The molecule has 0 spiro atoms. The van der Waals surface area contributed by atoms with Gasteiger partial charge in [0.2, 0.25) is 0 Å². The van der Waals surface area contributed by atoms with E-state index in [1.165, 1.54) is 80.3 Å². The lowest BCUT2D eigenvalue weighted by Gasteiger charge is -2.26. The Morgan fingerprint density at radius 3 is 1.56 bits per heavy atom. The first kappa shape index (κ1) is 33.3. The number of thiophene rings is 1. The Hall–Kier alpha value is -7.00. The minimum absolute atomic E-state index is 0.178. The molecule has 0 aliphatic carbocycles. The Morgan fingerprint density at radius 1 is 0.333 bits per heavy atom. The van der Waals surface area contributed by atoms with E-state index >= 15 is 0 Å². The highest BCUT2D eigenvalue weighted by Crippen LogP contribution is 2.47. The normalized spacial score (nSPS) is 11.7. The molecule has 0 saturated heterocycles. The van der Waals surface area contributed by atoms with Crippen LogP contribution in [0.3, 0.4) is 0 Å². The number of nitrogens with zero attached hydrogens (tertiary/aromatic N) is 1. The van der Waals surface area contributed by atoms with E-state index in [2.05, 4.69) is 223 Å². The lowest BCUT2D eigenvalue weighted by Crippen LogP contribution is -2.09. The van der Waals surface area contributed by atoms with Gasteiger partial charge in [-0.1, -0.05) is 170 Å². The van der Waals surface area contributed by atoms with Crippen LogP contribution in [0.1, 0.15) is 22.6 Å². The first-order chi connectivity index (χ1) is 28.3. The van der Waals surface area contributed by atoms with Crippen LogP contribution < -0.4 is 4.90 Å². The predicted molar refractivity (Wildman–Crippen MR) is 246 cm³/mol. The Labute approximate surface area is 336 Å². The Morgan fingerprint density at radius 2 is 0.877 bits per heavy atom. The number of benzene rings is 10. The highest BCUT2D eigenvalue weighted by atomic mass is 32.1. The van der Waals surface area contributed by atoms with Crippen molar-refractivity contribution in [2.24, 2.45) is 0 Å². The molecule has 0 unspecified atom stereocenters. The second kappa shape index (κ2) is 13.9.